The van der Waals surface area contributed by atoms with E-state index in [4.69, 9.17) is 0 Å². The number of hydrogen-bond donors (Lipinski definition) is 0. The molecule has 0 aliphatic heterocycles. The summed E-state index contributed by atoms with van der Waals surface area (Å²) in [4.78, 5) is 0. The van der Waals surface area contributed by atoms with Crippen LogP contribution in [-0.4, -0.2) is 4.57 Å². The summed E-state index contributed by atoms with van der Waals surface area (Å²) in [5, 5.41) is 1.32. The molecule has 0 saturated carbocycles. The monoisotopic (exact) mass is 227 g/mol. The summed E-state index contributed by atoms with van der Waals surface area (Å²) in [5.41, 5.74) is 2.54. The Hall–Kier alpha value is -1.50. The molecule has 0 amide bonds. The molecule has 0 atom stereocenters. The first-order chi connectivity index (χ1) is 8.35. The Morgan fingerprint density at radius 2 is 2.06 bits per heavy atom. The summed E-state index contributed by atoms with van der Waals surface area (Å²) in [7, 11) is 0. The highest BCUT2D eigenvalue weighted by Crippen LogP contribution is 2.19. The summed E-state index contributed by atoms with van der Waals surface area (Å²) in [6.45, 7) is 7.20. The number of aromatic nitrogens is 1. The Labute approximate surface area is 104 Å². The van der Waals surface area contributed by atoms with Crippen molar-refractivity contribution >= 4 is 17.0 Å². The van der Waals surface area contributed by atoms with Crippen molar-refractivity contribution in [2.45, 2.75) is 39.2 Å². The molecule has 1 heteroatoms. The van der Waals surface area contributed by atoms with Crippen molar-refractivity contribution in [2.75, 3.05) is 0 Å². The third kappa shape index (κ3) is 2.79. The lowest BCUT2D eigenvalue weighted by atomic mass is 10.1. The lowest BCUT2D eigenvalue weighted by molar-refractivity contribution is 0.593. The van der Waals surface area contributed by atoms with Crippen LogP contribution in [0.2, 0.25) is 0 Å². The number of benzene rings is 1. The summed E-state index contributed by atoms with van der Waals surface area (Å²) in [6, 6.07) is 8.73. The van der Waals surface area contributed by atoms with E-state index < -0.39 is 0 Å². The van der Waals surface area contributed by atoms with E-state index in [1.807, 2.05) is 6.08 Å². The zero-order valence-corrected chi connectivity index (χ0v) is 10.7. The topological polar surface area (TPSA) is 4.93 Å². The van der Waals surface area contributed by atoms with Crippen molar-refractivity contribution in [3.05, 3.63) is 42.6 Å². The zero-order valence-electron chi connectivity index (χ0n) is 10.7. The van der Waals surface area contributed by atoms with Gasteiger partial charge in [0.15, 0.2) is 0 Å². The number of fused-ring (bicyclic) bond motifs is 1. The second kappa shape index (κ2) is 5.72. The van der Waals surface area contributed by atoms with Gasteiger partial charge in [-0.15, -0.1) is 0 Å². The first-order valence-electron chi connectivity index (χ1n) is 6.56. The Morgan fingerprint density at radius 3 is 2.82 bits per heavy atom. The van der Waals surface area contributed by atoms with E-state index in [-0.39, 0.29) is 0 Å². The first-order valence-corrected chi connectivity index (χ1v) is 6.56. The minimum Gasteiger partial charge on any atom is -0.347 e. The number of nitrogens with zero attached hydrogens (tertiary/aromatic N) is 1. The van der Waals surface area contributed by atoms with Crippen molar-refractivity contribution in [1.29, 1.82) is 0 Å². The molecule has 0 saturated heterocycles. The highest BCUT2D eigenvalue weighted by molar-refractivity contribution is 5.82. The molecule has 0 fully saturated rings. The average Bonchev–Trinajstić information content (AvgIpc) is 2.77. The van der Waals surface area contributed by atoms with Gasteiger partial charge in [0.05, 0.1) is 0 Å². The van der Waals surface area contributed by atoms with Crippen LogP contribution in [0.3, 0.4) is 0 Å². The van der Waals surface area contributed by atoms with Gasteiger partial charge in [0.25, 0.3) is 0 Å². The second-order valence-electron chi connectivity index (χ2n) is 4.59. The molecular weight excluding hydrogens is 206 g/mol. The van der Waals surface area contributed by atoms with E-state index in [0.29, 0.717) is 0 Å². The van der Waals surface area contributed by atoms with Crippen LogP contribution in [0.4, 0.5) is 0 Å². The van der Waals surface area contributed by atoms with E-state index in [1.165, 1.54) is 42.1 Å². The van der Waals surface area contributed by atoms with Crippen LogP contribution in [0.5, 0.6) is 0 Å². The van der Waals surface area contributed by atoms with Gasteiger partial charge in [0.1, 0.15) is 0 Å². The fourth-order valence-corrected chi connectivity index (χ4v) is 2.25. The quantitative estimate of drug-likeness (QED) is 0.621. The van der Waals surface area contributed by atoms with Gasteiger partial charge in [-0.05, 0) is 30.2 Å². The molecule has 90 valence electrons. The Kier molecular flexibility index (Phi) is 4.03. The molecule has 1 aromatic heterocycles. The summed E-state index contributed by atoms with van der Waals surface area (Å²) >= 11 is 0. The maximum absolute atomic E-state index is 3.81. The molecule has 0 bridgehead atoms. The molecule has 2 rings (SSSR count). The minimum absolute atomic E-state index is 1.14. The van der Waals surface area contributed by atoms with Crippen molar-refractivity contribution in [3.63, 3.8) is 0 Å². The molecule has 0 aliphatic rings. The summed E-state index contributed by atoms with van der Waals surface area (Å²) in [5.74, 6) is 0. The van der Waals surface area contributed by atoms with Crippen LogP contribution in [0.25, 0.3) is 17.0 Å². The first kappa shape index (κ1) is 12.0. The van der Waals surface area contributed by atoms with E-state index in [1.54, 1.807) is 0 Å². The lowest BCUT2D eigenvalue weighted by Gasteiger charge is -2.05. The van der Waals surface area contributed by atoms with Crippen molar-refractivity contribution in [3.8, 4) is 0 Å². The number of unbranched alkanes of at least 4 members (excludes halogenated alkanes) is 3. The standard InChI is InChI=1S/C16H21N/c1-3-5-6-7-11-17-12-10-15-13-14(4-2)8-9-16(15)17/h4,8-10,12-13H,2-3,5-7,11H2,1H3. The Morgan fingerprint density at radius 1 is 1.18 bits per heavy atom. The van der Waals surface area contributed by atoms with Gasteiger partial charge in [0.2, 0.25) is 0 Å². The molecule has 0 spiro atoms. The van der Waals surface area contributed by atoms with Gasteiger partial charge in [-0.25, -0.2) is 0 Å². The second-order valence-corrected chi connectivity index (χ2v) is 4.59. The van der Waals surface area contributed by atoms with E-state index in [0.717, 1.165) is 6.54 Å². The number of aryl methyl sites for hydroxylation is 1. The third-order valence-corrected chi connectivity index (χ3v) is 3.28. The molecule has 1 aromatic carbocycles. The van der Waals surface area contributed by atoms with Gasteiger partial charge in [-0.1, -0.05) is 44.9 Å². The molecule has 17 heavy (non-hydrogen) atoms. The van der Waals surface area contributed by atoms with Gasteiger partial charge < -0.3 is 4.57 Å². The van der Waals surface area contributed by atoms with E-state index >= 15 is 0 Å². The highest BCUT2D eigenvalue weighted by atomic mass is 14.9. The summed E-state index contributed by atoms with van der Waals surface area (Å²) in [6.07, 6.45) is 9.36. The van der Waals surface area contributed by atoms with Crippen LogP contribution in [0, 0.1) is 0 Å². The molecule has 1 nitrogen and oxygen atoms in total. The minimum atomic E-state index is 1.14. The summed E-state index contributed by atoms with van der Waals surface area (Å²) < 4.78 is 2.36. The van der Waals surface area contributed by atoms with Gasteiger partial charge in [0, 0.05) is 23.6 Å². The van der Waals surface area contributed by atoms with Gasteiger partial charge >= 0.3 is 0 Å². The lowest BCUT2D eigenvalue weighted by Crippen LogP contribution is -1.95. The van der Waals surface area contributed by atoms with Crippen LogP contribution < -0.4 is 0 Å². The highest BCUT2D eigenvalue weighted by Gasteiger charge is 2.00. The Balaban J connectivity index is 2.10. The van der Waals surface area contributed by atoms with Crippen LogP contribution in [0.1, 0.15) is 38.2 Å². The predicted molar refractivity (Wildman–Crippen MR) is 76.2 cm³/mol. The molecular formula is C16H21N. The molecule has 0 radical (unpaired) electrons. The molecule has 2 aromatic rings. The Bertz CT molecular complexity index is 493. The molecule has 0 aliphatic carbocycles. The largest absolute Gasteiger partial charge is 0.347 e. The molecule has 0 N–H and O–H groups in total. The maximum Gasteiger partial charge on any atom is 0.0480 e. The third-order valence-electron chi connectivity index (χ3n) is 3.28. The average molecular weight is 227 g/mol. The van der Waals surface area contributed by atoms with Crippen LogP contribution in [0.15, 0.2) is 37.0 Å². The molecule has 1 heterocycles. The van der Waals surface area contributed by atoms with Crippen molar-refractivity contribution in [2.24, 2.45) is 0 Å². The normalized spacial score (nSPS) is 10.9. The van der Waals surface area contributed by atoms with Gasteiger partial charge in [-0.2, -0.15) is 0 Å². The van der Waals surface area contributed by atoms with Crippen molar-refractivity contribution in [1.82, 2.24) is 4.57 Å². The zero-order chi connectivity index (χ0) is 12.1. The smallest absolute Gasteiger partial charge is 0.0480 e. The maximum atomic E-state index is 3.81. The predicted octanol–water partition coefficient (Wildman–Crippen LogP) is 4.86. The van der Waals surface area contributed by atoms with E-state index in [2.05, 4.69) is 48.5 Å². The number of hydrogen-bond acceptors (Lipinski definition) is 0. The van der Waals surface area contributed by atoms with E-state index in [9.17, 15) is 0 Å². The van der Waals surface area contributed by atoms with Crippen LogP contribution >= 0.6 is 0 Å². The van der Waals surface area contributed by atoms with Gasteiger partial charge in [-0.3, -0.25) is 0 Å². The fourth-order valence-electron chi connectivity index (χ4n) is 2.25. The van der Waals surface area contributed by atoms with Crippen LogP contribution in [-0.2, 0) is 6.54 Å². The fraction of sp³-hybridized carbons (Fsp3) is 0.375. The number of rotatable bonds is 6. The molecule has 0 unspecified atom stereocenters. The SMILES string of the molecule is C=Cc1ccc2c(ccn2CCCCCC)c1. The van der Waals surface area contributed by atoms with Crippen molar-refractivity contribution < 1.29 is 0 Å².